The molecule has 2 rings (SSSR count). The molecule has 0 spiro atoms. The zero-order chi connectivity index (χ0) is 12.6. The van der Waals surface area contributed by atoms with Crippen molar-refractivity contribution in [2.75, 3.05) is 33.8 Å². The maximum atomic E-state index is 11.9. The third-order valence-corrected chi connectivity index (χ3v) is 3.98. The predicted molar refractivity (Wildman–Crippen MR) is 62.3 cm³/mol. The van der Waals surface area contributed by atoms with Crippen molar-refractivity contribution < 1.29 is 14.3 Å². The number of nitrogens with zero attached hydrogens (tertiary/aromatic N) is 2. The SMILES string of the molecule is COC(=O)C1CN(C2CCN(C)C2=O)CC1C. The number of likely N-dealkylation sites (tertiary alicyclic amines) is 2. The fourth-order valence-electron chi connectivity index (χ4n) is 2.86. The first-order valence-electron chi connectivity index (χ1n) is 6.11. The van der Waals surface area contributed by atoms with Gasteiger partial charge in [0, 0.05) is 26.7 Å². The van der Waals surface area contributed by atoms with Gasteiger partial charge in [0.2, 0.25) is 5.91 Å². The zero-order valence-corrected chi connectivity index (χ0v) is 10.7. The summed E-state index contributed by atoms with van der Waals surface area (Å²) >= 11 is 0. The maximum Gasteiger partial charge on any atom is 0.310 e. The molecule has 0 aromatic heterocycles. The van der Waals surface area contributed by atoms with Crippen LogP contribution in [0.25, 0.3) is 0 Å². The summed E-state index contributed by atoms with van der Waals surface area (Å²) in [6.07, 6.45) is 0.871. The van der Waals surface area contributed by atoms with E-state index in [1.165, 1.54) is 7.11 Å². The minimum absolute atomic E-state index is 0.0305. The number of rotatable bonds is 2. The van der Waals surface area contributed by atoms with E-state index in [1.54, 1.807) is 4.90 Å². The highest BCUT2D eigenvalue weighted by Crippen LogP contribution is 2.28. The van der Waals surface area contributed by atoms with Crippen LogP contribution in [0.4, 0.5) is 0 Å². The number of hydrogen-bond donors (Lipinski definition) is 0. The molecule has 2 heterocycles. The van der Waals surface area contributed by atoms with Crippen molar-refractivity contribution in [2.24, 2.45) is 11.8 Å². The first-order valence-corrected chi connectivity index (χ1v) is 6.11. The normalized spacial score (nSPS) is 34.4. The van der Waals surface area contributed by atoms with Crippen LogP contribution in [0.1, 0.15) is 13.3 Å². The molecule has 96 valence electrons. The Morgan fingerprint density at radius 2 is 2.12 bits per heavy atom. The number of methoxy groups -OCH3 is 1. The summed E-state index contributed by atoms with van der Waals surface area (Å²) in [7, 11) is 3.26. The molecule has 3 unspecified atom stereocenters. The highest BCUT2D eigenvalue weighted by atomic mass is 16.5. The average Bonchev–Trinajstić information content (AvgIpc) is 2.83. The van der Waals surface area contributed by atoms with Crippen LogP contribution in [-0.2, 0) is 14.3 Å². The van der Waals surface area contributed by atoms with Gasteiger partial charge in [0.1, 0.15) is 0 Å². The van der Waals surface area contributed by atoms with Gasteiger partial charge in [-0.15, -0.1) is 0 Å². The third kappa shape index (κ3) is 2.16. The molecule has 0 aromatic carbocycles. The predicted octanol–water partition coefficient (Wildman–Crippen LogP) is -0.0420. The molecule has 0 radical (unpaired) electrons. The van der Waals surface area contributed by atoms with Crippen LogP contribution in [0.2, 0.25) is 0 Å². The molecule has 3 atom stereocenters. The van der Waals surface area contributed by atoms with Crippen LogP contribution in [0.3, 0.4) is 0 Å². The molecule has 2 aliphatic rings. The first kappa shape index (κ1) is 12.4. The topological polar surface area (TPSA) is 49.9 Å². The largest absolute Gasteiger partial charge is 0.469 e. The van der Waals surface area contributed by atoms with E-state index in [0.29, 0.717) is 6.54 Å². The molecular weight excluding hydrogens is 220 g/mol. The van der Waals surface area contributed by atoms with Gasteiger partial charge in [0.05, 0.1) is 19.1 Å². The lowest BCUT2D eigenvalue weighted by Crippen LogP contribution is -2.40. The molecule has 5 heteroatoms. The highest BCUT2D eigenvalue weighted by molar-refractivity contribution is 5.84. The number of carbonyl (C=O) groups excluding carboxylic acids is 2. The van der Waals surface area contributed by atoms with Gasteiger partial charge >= 0.3 is 5.97 Å². The second-order valence-corrected chi connectivity index (χ2v) is 5.13. The zero-order valence-electron chi connectivity index (χ0n) is 10.7. The van der Waals surface area contributed by atoms with Crippen molar-refractivity contribution in [2.45, 2.75) is 19.4 Å². The monoisotopic (exact) mass is 240 g/mol. The Labute approximate surface area is 102 Å². The molecule has 0 aliphatic carbocycles. The van der Waals surface area contributed by atoms with Gasteiger partial charge in [-0.2, -0.15) is 0 Å². The Balaban J connectivity index is 2.02. The fourth-order valence-corrected chi connectivity index (χ4v) is 2.86. The van der Waals surface area contributed by atoms with Gasteiger partial charge in [-0.25, -0.2) is 0 Å². The Hall–Kier alpha value is -1.10. The molecule has 2 saturated heterocycles. The van der Waals surface area contributed by atoms with Crippen molar-refractivity contribution in [3.05, 3.63) is 0 Å². The van der Waals surface area contributed by atoms with Gasteiger partial charge in [0.25, 0.3) is 0 Å². The quantitative estimate of drug-likeness (QED) is 0.635. The van der Waals surface area contributed by atoms with Crippen LogP contribution < -0.4 is 0 Å². The standard InChI is InChI=1S/C12H20N2O3/c1-8-6-14(7-9(8)12(16)17-3)10-4-5-13(2)11(10)15/h8-10H,4-7H2,1-3H3. The molecule has 0 saturated carbocycles. The second-order valence-electron chi connectivity index (χ2n) is 5.13. The third-order valence-electron chi connectivity index (χ3n) is 3.98. The number of likely N-dealkylation sites (N-methyl/N-ethyl adjacent to an activating group) is 1. The molecular formula is C12H20N2O3. The van der Waals surface area contributed by atoms with Crippen LogP contribution in [0.5, 0.6) is 0 Å². The lowest BCUT2D eigenvalue weighted by molar-refractivity contribution is -0.146. The van der Waals surface area contributed by atoms with Crippen LogP contribution >= 0.6 is 0 Å². The van der Waals surface area contributed by atoms with Crippen LogP contribution in [0, 0.1) is 11.8 Å². The molecule has 1 amide bonds. The molecule has 2 fully saturated rings. The summed E-state index contributed by atoms with van der Waals surface area (Å²) in [6.45, 7) is 4.32. The van der Waals surface area contributed by atoms with E-state index in [2.05, 4.69) is 4.90 Å². The summed E-state index contributed by atoms with van der Waals surface area (Å²) in [5.74, 6) is 0.210. The smallest absolute Gasteiger partial charge is 0.310 e. The van der Waals surface area contributed by atoms with E-state index >= 15 is 0 Å². The Bertz CT molecular complexity index is 332. The summed E-state index contributed by atoms with van der Waals surface area (Å²) in [6, 6.07) is -0.0305. The van der Waals surface area contributed by atoms with Crippen molar-refractivity contribution in [3.8, 4) is 0 Å². The maximum absolute atomic E-state index is 11.9. The van der Waals surface area contributed by atoms with E-state index in [0.717, 1.165) is 19.5 Å². The van der Waals surface area contributed by atoms with Gasteiger partial charge < -0.3 is 9.64 Å². The molecule has 0 N–H and O–H groups in total. The molecule has 17 heavy (non-hydrogen) atoms. The number of hydrogen-bond acceptors (Lipinski definition) is 4. The van der Waals surface area contributed by atoms with Gasteiger partial charge in [0.15, 0.2) is 0 Å². The highest BCUT2D eigenvalue weighted by Gasteiger charge is 2.42. The number of carbonyl (C=O) groups is 2. The van der Waals surface area contributed by atoms with Crippen molar-refractivity contribution >= 4 is 11.9 Å². The van der Waals surface area contributed by atoms with Crippen molar-refractivity contribution in [3.63, 3.8) is 0 Å². The van der Waals surface area contributed by atoms with E-state index in [1.807, 2.05) is 14.0 Å². The number of esters is 1. The first-order chi connectivity index (χ1) is 8.04. The van der Waals surface area contributed by atoms with Crippen LogP contribution in [-0.4, -0.2) is 61.5 Å². The average molecular weight is 240 g/mol. The van der Waals surface area contributed by atoms with E-state index in [4.69, 9.17) is 4.74 Å². The lowest BCUT2D eigenvalue weighted by atomic mass is 9.99. The number of amides is 1. The van der Waals surface area contributed by atoms with E-state index in [9.17, 15) is 9.59 Å². The number of ether oxygens (including phenoxy) is 1. The minimum Gasteiger partial charge on any atom is -0.469 e. The van der Waals surface area contributed by atoms with Gasteiger partial charge in [-0.1, -0.05) is 6.92 Å². The summed E-state index contributed by atoms with van der Waals surface area (Å²) in [4.78, 5) is 27.4. The fraction of sp³-hybridized carbons (Fsp3) is 0.833. The molecule has 0 bridgehead atoms. The Morgan fingerprint density at radius 1 is 1.41 bits per heavy atom. The van der Waals surface area contributed by atoms with Crippen molar-refractivity contribution in [1.82, 2.24) is 9.80 Å². The summed E-state index contributed by atoms with van der Waals surface area (Å²) in [5.41, 5.74) is 0. The van der Waals surface area contributed by atoms with Crippen molar-refractivity contribution in [1.29, 1.82) is 0 Å². The molecule has 5 nitrogen and oxygen atoms in total. The van der Waals surface area contributed by atoms with E-state index < -0.39 is 0 Å². The van der Waals surface area contributed by atoms with Gasteiger partial charge in [-0.05, 0) is 12.3 Å². The lowest BCUT2D eigenvalue weighted by Gasteiger charge is -2.22. The summed E-state index contributed by atoms with van der Waals surface area (Å²) < 4.78 is 4.80. The molecule has 0 aromatic rings. The van der Waals surface area contributed by atoms with E-state index in [-0.39, 0.29) is 29.8 Å². The minimum atomic E-state index is -0.154. The second kappa shape index (κ2) is 4.64. The Morgan fingerprint density at radius 3 is 2.65 bits per heavy atom. The van der Waals surface area contributed by atoms with Gasteiger partial charge in [-0.3, -0.25) is 14.5 Å². The Kier molecular flexibility index (Phi) is 3.38. The summed E-state index contributed by atoms with van der Waals surface area (Å²) in [5, 5.41) is 0. The van der Waals surface area contributed by atoms with Crippen LogP contribution in [0.15, 0.2) is 0 Å². The molecule has 2 aliphatic heterocycles.